The molecule has 0 saturated carbocycles. The van der Waals surface area contributed by atoms with E-state index in [-0.39, 0.29) is 11.7 Å². The van der Waals surface area contributed by atoms with Crippen LogP contribution in [0.1, 0.15) is 49.0 Å². The number of benzene rings is 1. The summed E-state index contributed by atoms with van der Waals surface area (Å²) in [7, 11) is 0. The van der Waals surface area contributed by atoms with Crippen molar-refractivity contribution in [2.24, 2.45) is 5.92 Å². The molecule has 6 nitrogen and oxygen atoms in total. The van der Waals surface area contributed by atoms with Crippen molar-refractivity contribution >= 4 is 17.4 Å². The molecule has 150 valence electrons. The first kappa shape index (κ1) is 20.3. The van der Waals surface area contributed by atoms with Crippen LogP contribution < -0.4 is 4.90 Å². The summed E-state index contributed by atoms with van der Waals surface area (Å²) in [5, 5.41) is 9.19. The van der Waals surface area contributed by atoms with Crippen molar-refractivity contribution in [1.29, 1.82) is 5.26 Å². The molecule has 0 radical (unpaired) electrons. The normalized spacial score (nSPS) is 18.8. The van der Waals surface area contributed by atoms with Crippen LogP contribution in [0.4, 0.5) is 5.69 Å². The Morgan fingerprint density at radius 2 is 1.79 bits per heavy atom. The molecular formula is C22H30N4O2. The highest BCUT2D eigenvalue weighted by Gasteiger charge is 2.27. The Hall–Kier alpha value is -2.39. The second kappa shape index (κ2) is 9.20. The van der Waals surface area contributed by atoms with Crippen molar-refractivity contribution < 1.29 is 9.59 Å². The molecule has 2 aliphatic rings. The highest BCUT2D eigenvalue weighted by atomic mass is 16.2. The highest BCUT2D eigenvalue weighted by molar-refractivity contribution is 6.00. The van der Waals surface area contributed by atoms with Gasteiger partial charge in [-0.05, 0) is 50.4 Å². The van der Waals surface area contributed by atoms with Crippen molar-refractivity contribution in [3.05, 3.63) is 29.3 Å². The smallest absolute Gasteiger partial charge is 0.222 e. The summed E-state index contributed by atoms with van der Waals surface area (Å²) in [6.45, 7) is 10.0. The SMILES string of the molecule is CCN1CCN(C(=O)CC2CCN(c3cc(C#N)ccc3C(C)=O)CC2)CC1. The van der Waals surface area contributed by atoms with Gasteiger partial charge < -0.3 is 14.7 Å². The van der Waals surface area contributed by atoms with Gasteiger partial charge >= 0.3 is 0 Å². The Balaban J connectivity index is 1.56. The molecule has 1 aromatic carbocycles. The largest absolute Gasteiger partial charge is 0.371 e. The van der Waals surface area contributed by atoms with E-state index < -0.39 is 0 Å². The van der Waals surface area contributed by atoms with E-state index in [4.69, 9.17) is 0 Å². The van der Waals surface area contributed by atoms with E-state index in [0.717, 1.165) is 64.3 Å². The molecule has 1 aromatic rings. The number of likely N-dealkylation sites (N-methyl/N-ethyl adjacent to an activating group) is 1. The maximum Gasteiger partial charge on any atom is 0.222 e. The summed E-state index contributed by atoms with van der Waals surface area (Å²) in [5.74, 6) is 0.695. The maximum atomic E-state index is 12.7. The summed E-state index contributed by atoms with van der Waals surface area (Å²) in [6, 6.07) is 7.42. The Labute approximate surface area is 167 Å². The fourth-order valence-electron chi connectivity index (χ4n) is 4.23. The first-order valence-electron chi connectivity index (χ1n) is 10.3. The average Bonchev–Trinajstić information content (AvgIpc) is 2.73. The number of ketones is 1. The van der Waals surface area contributed by atoms with Gasteiger partial charge in [0.25, 0.3) is 0 Å². The predicted octanol–water partition coefficient (Wildman–Crippen LogP) is 2.53. The number of carbonyl (C=O) groups excluding carboxylic acids is 2. The number of piperidine rings is 1. The van der Waals surface area contributed by atoms with Gasteiger partial charge in [-0.15, -0.1) is 0 Å². The minimum absolute atomic E-state index is 0.0167. The predicted molar refractivity (Wildman–Crippen MR) is 109 cm³/mol. The lowest BCUT2D eigenvalue weighted by Crippen LogP contribution is -2.49. The summed E-state index contributed by atoms with van der Waals surface area (Å²) in [5.41, 5.74) is 2.10. The molecule has 1 amide bonds. The molecule has 6 heteroatoms. The van der Waals surface area contributed by atoms with Gasteiger partial charge in [-0.25, -0.2) is 0 Å². The zero-order valence-corrected chi connectivity index (χ0v) is 17.0. The Morgan fingerprint density at radius 1 is 1.11 bits per heavy atom. The second-order valence-electron chi connectivity index (χ2n) is 7.85. The number of carbonyl (C=O) groups is 2. The number of hydrogen-bond acceptors (Lipinski definition) is 5. The second-order valence-corrected chi connectivity index (χ2v) is 7.85. The van der Waals surface area contributed by atoms with Gasteiger partial charge in [0.2, 0.25) is 5.91 Å². The van der Waals surface area contributed by atoms with Crippen LogP contribution in [0.5, 0.6) is 0 Å². The lowest BCUT2D eigenvalue weighted by Gasteiger charge is -2.37. The first-order valence-corrected chi connectivity index (χ1v) is 10.3. The van der Waals surface area contributed by atoms with Gasteiger partial charge in [-0.3, -0.25) is 9.59 Å². The number of nitriles is 1. The molecule has 0 N–H and O–H groups in total. The molecule has 2 aliphatic heterocycles. The van der Waals surface area contributed by atoms with Crippen LogP contribution in [0, 0.1) is 17.2 Å². The molecule has 0 bridgehead atoms. The van der Waals surface area contributed by atoms with Gasteiger partial charge in [0.05, 0.1) is 11.6 Å². The molecule has 3 rings (SSSR count). The lowest BCUT2D eigenvalue weighted by atomic mass is 9.91. The first-order chi connectivity index (χ1) is 13.5. The molecule has 28 heavy (non-hydrogen) atoms. The molecule has 0 unspecified atom stereocenters. The third-order valence-corrected chi connectivity index (χ3v) is 6.10. The molecule has 0 aromatic heterocycles. The van der Waals surface area contributed by atoms with E-state index >= 15 is 0 Å². The quantitative estimate of drug-likeness (QED) is 0.732. The standard InChI is InChI=1S/C22H30N4O2/c1-3-24-10-12-26(13-11-24)22(28)15-18-6-8-25(9-7-18)21-14-19(16-23)4-5-20(21)17(2)27/h4-5,14,18H,3,6-13,15H2,1-2H3. The Morgan fingerprint density at radius 3 is 2.36 bits per heavy atom. The Kier molecular flexibility index (Phi) is 6.69. The van der Waals surface area contributed by atoms with Gasteiger partial charge in [-0.2, -0.15) is 5.26 Å². The number of amides is 1. The molecule has 2 heterocycles. The molecule has 0 atom stereocenters. The highest BCUT2D eigenvalue weighted by Crippen LogP contribution is 2.29. The summed E-state index contributed by atoms with van der Waals surface area (Å²) in [6.07, 6.45) is 2.50. The van der Waals surface area contributed by atoms with Gasteiger partial charge in [0, 0.05) is 56.9 Å². The molecule has 2 saturated heterocycles. The molecule has 0 aliphatic carbocycles. The van der Waals surface area contributed by atoms with Crippen molar-refractivity contribution in [1.82, 2.24) is 9.80 Å². The van der Waals surface area contributed by atoms with E-state index in [1.165, 1.54) is 0 Å². The lowest BCUT2D eigenvalue weighted by molar-refractivity contribution is -0.134. The Bertz CT molecular complexity index is 754. The van der Waals surface area contributed by atoms with Crippen LogP contribution in [0.25, 0.3) is 0 Å². The van der Waals surface area contributed by atoms with E-state index in [9.17, 15) is 14.9 Å². The van der Waals surface area contributed by atoms with Crippen LogP contribution >= 0.6 is 0 Å². The zero-order valence-electron chi connectivity index (χ0n) is 17.0. The van der Waals surface area contributed by atoms with Crippen molar-refractivity contribution in [3.63, 3.8) is 0 Å². The number of hydrogen-bond donors (Lipinski definition) is 0. The minimum atomic E-state index is 0.0167. The molecule has 2 fully saturated rings. The summed E-state index contributed by atoms with van der Waals surface area (Å²) in [4.78, 5) is 31.2. The molecule has 0 spiro atoms. The van der Waals surface area contributed by atoms with E-state index in [2.05, 4.69) is 22.8 Å². The van der Waals surface area contributed by atoms with Crippen LogP contribution in [0.3, 0.4) is 0 Å². The van der Waals surface area contributed by atoms with Crippen molar-refractivity contribution in [2.45, 2.75) is 33.1 Å². The van der Waals surface area contributed by atoms with E-state index in [1.54, 1.807) is 19.1 Å². The third-order valence-electron chi connectivity index (χ3n) is 6.10. The van der Waals surface area contributed by atoms with E-state index in [0.29, 0.717) is 23.5 Å². The summed E-state index contributed by atoms with van der Waals surface area (Å²) < 4.78 is 0. The van der Waals surface area contributed by atoms with Gasteiger partial charge in [0.15, 0.2) is 5.78 Å². The van der Waals surface area contributed by atoms with Crippen LogP contribution in [-0.2, 0) is 4.79 Å². The monoisotopic (exact) mass is 382 g/mol. The van der Waals surface area contributed by atoms with Crippen LogP contribution in [0.2, 0.25) is 0 Å². The number of rotatable bonds is 5. The number of anilines is 1. The molecular weight excluding hydrogens is 352 g/mol. The van der Waals surface area contributed by atoms with Gasteiger partial charge in [0.1, 0.15) is 0 Å². The van der Waals surface area contributed by atoms with Crippen LogP contribution in [-0.4, -0.2) is 67.3 Å². The van der Waals surface area contributed by atoms with E-state index in [1.807, 2.05) is 11.0 Å². The minimum Gasteiger partial charge on any atom is -0.371 e. The summed E-state index contributed by atoms with van der Waals surface area (Å²) >= 11 is 0. The third kappa shape index (κ3) is 4.71. The fourth-order valence-corrected chi connectivity index (χ4v) is 4.23. The average molecular weight is 383 g/mol. The number of nitrogens with zero attached hydrogens (tertiary/aromatic N) is 4. The number of piperazine rings is 1. The topological polar surface area (TPSA) is 67.7 Å². The maximum absolute atomic E-state index is 12.7. The fraction of sp³-hybridized carbons (Fsp3) is 0.591. The van der Waals surface area contributed by atoms with Crippen molar-refractivity contribution in [3.8, 4) is 6.07 Å². The van der Waals surface area contributed by atoms with Gasteiger partial charge in [-0.1, -0.05) is 6.92 Å². The van der Waals surface area contributed by atoms with Crippen LogP contribution in [0.15, 0.2) is 18.2 Å². The number of Topliss-reactive ketones (excluding diaryl/α,β-unsaturated/α-hetero) is 1. The zero-order chi connectivity index (χ0) is 20.1. The van der Waals surface area contributed by atoms with Crippen molar-refractivity contribution in [2.75, 3.05) is 50.7 Å².